The highest BCUT2D eigenvalue weighted by atomic mass is 35.5. The average molecular weight is 313 g/mol. The Hall–Kier alpha value is -1.29. The zero-order valence-electron chi connectivity index (χ0n) is 11.0. The molecule has 2 aromatic carbocycles. The molecule has 0 aliphatic carbocycles. The Bertz CT molecular complexity index is 604. The van der Waals surface area contributed by atoms with Crippen LogP contribution in [0, 0.1) is 5.82 Å². The maximum atomic E-state index is 13.9. The van der Waals surface area contributed by atoms with Crippen molar-refractivity contribution < 1.29 is 4.39 Å². The first-order valence-corrected chi connectivity index (χ1v) is 6.92. The third kappa shape index (κ3) is 3.06. The van der Waals surface area contributed by atoms with Crippen LogP contribution in [-0.2, 0) is 0 Å². The van der Waals surface area contributed by atoms with Gasteiger partial charge in [-0.15, -0.1) is 0 Å². The predicted molar refractivity (Wildman–Crippen MR) is 83.1 cm³/mol. The van der Waals surface area contributed by atoms with Crippen molar-refractivity contribution in [2.45, 2.75) is 6.04 Å². The molecule has 0 saturated heterocycles. The minimum absolute atomic E-state index is 0.179. The molecule has 0 fully saturated rings. The number of halogens is 3. The molecule has 0 aliphatic rings. The van der Waals surface area contributed by atoms with Crippen LogP contribution in [0.3, 0.4) is 0 Å². The summed E-state index contributed by atoms with van der Waals surface area (Å²) >= 11 is 11.9. The summed E-state index contributed by atoms with van der Waals surface area (Å²) in [6.07, 6.45) is 0. The molecule has 0 amide bonds. The molecule has 0 bridgehead atoms. The number of para-hydroxylation sites is 1. The van der Waals surface area contributed by atoms with E-state index in [-0.39, 0.29) is 11.9 Å². The summed E-state index contributed by atoms with van der Waals surface area (Å²) in [5, 5.41) is 0.948. The predicted octanol–water partition coefficient (Wildman–Crippen LogP) is 4.27. The fourth-order valence-electron chi connectivity index (χ4n) is 2.14. The monoisotopic (exact) mass is 312 g/mol. The van der Waals surface area contributed by atoms with E-state index in [2.05, 4.69) is 0 Å². The lowest BCUT2D eigenvalue weighted by molar-refractivity contribution is 0.603. The second-order valence-corrected chi connectivity index (χ2v) is 5.30. The lowest BCUT2D eigenvalue weighted by atomic mass is 10.0. The van der Waals surface area contributed by atoms with E-state index in [1.54, 1.807) is 42.3 Å². The molecule has 0 heterocycles. The zero-order chi connectivity index (χ0) is 14.7. The van der Waals surface area contributed by atoms with Gasteiger partial charge < -0.3 is 10.6 Å². The van der Waals surface area contributed by atoms with Crippen LogP contribution in [0.15, 0.2) is 42.5 Å². The summed E-state index contributed by atoms with van der Waals surface area (Å²) in [7, 11) is 1.80. The van der Waals surface area contributed by atoms with Crippen molar-refractivity contribution in [3.8, 4) is 0 Å². The van der Waals surface area contributed by atoms with E-state index in [1.807, 2.05) is 6.07 Å². The molecule has 1 atom stereocenters. The number of benzene rings is 2. The molecule has 2 nitrogen and oxygen atoms in total. The van der Waals surface area contributed by atoms with Crippen LogP contribution in [0.25, 0.3) is 0 Å². The quantitative estimate of drug-likeness (QED) is 0.913. The van der Waals surface area contributed by atoms with Crippen molar-refractivity contribution in [3.05, 3.63) is 63.9 Å². The minimum Gasteiger partial charge on any atom is -0.364 e. The Morgan fingerprint density at radius 3 is 2.45 bits per heavy atom. The highest BCUT2D eigenvalue weighted by Gasteiger charge is 2.19. The van der Waals surface area contributed by atoms with Crippen LogP contribution in [0.4, 0.5) is 10.1 Å². The first kappa shape index (κ1) is 15.1. The van der Waals surface area contributed by atoms with Gasteiger partial charge >= 0.3 is 0 Å². The number of nitrogens with two attached hydrogens (primary N) is 1. The number of hydrogen-bond donors (Lipinski definition) is 1. The number of anilines is 1. The molecule has 0 spiro atoms. The van der Waals surface area contributed by atoms with E-state index in [1.165, 1.54) is 6.07 Å². The lowest BCUT2D eigenvalue weighted by Crippen LogP contribution is -2.31. The number of likely N-dealkylation sites (N-methyl/N-ethyl adjacent to an activating group) is 1. The molecule has 0 radical (unpaired) electrons. The third-order valence-corrected chi connectivity index (χ3v) is 3.99. The highest BCUT2D eigenvalue weighted by Crippen LogP contribution is 2.30. The summed E-state index contributed by atoms with van der Waals surface area (Å²) in [4.78, 5) is 1.80. The summed E-state index contributed by atoms with van der Waals surface area (Å²) in [6.45, 7) is 0.336. The largest absolute Gasteiger partial charge is 0.364 e. The molecule has 0 aliphatic heterocycles. The normalized spacial score (nSPS) is 12.2. The molecular formula is C15H15Cl2FN2. The van der Waals surface area contributed by atoms with Crippen LogP contribution in [0.2, 0.25) is 10.0 Å². The van der Waals surface area contributed by atoms with Gasteiger partial charge in [-0.1, -0.05) is 41.4 Å². The van der Waals surface area contributed by atoms with Gasteiger partial charge in [-0.2, -0.15) is 0 Å². The summed E-state index contributed by atoms with van der Waals surface area (Å²) in [5.74, 6) is -0.284. The molecule has 2 aromatic rings. The van der Waals surface area contributed by atoms with Crippen molar-refractivity contribution in [3.63, 3.8) is 0 Å². The Labute approximate surface area is 127 Å². The maximum Gasteiger partial charge on any atom is 0.146 e. The molecule has 0 saturated carbocycles. The summed E-state index contributed by atoms with van der Waals surface area (Å²) in [6, 6.07) is 11.7. The van der Waals surface area contributed by atoms with Crippen molar-refractivity contribution in [2.24, 2.45) is 5.73 Å². The molecule has 2 rings (SSSR count). The van der Waals surface area contributed by atoms with E-state index < -0.39 is 0 Å². The van der Waals surface area contributed by atoms with Gasteiger partial charge in [0, 0.05) is 13.6 Å². The van der Waals surface area contributed by atoms with Crippen molar-refractivity contribution >= 4 is 28.9 Å². The molecule has 20 heavy (non-hydrogen) atoms. The Morgan fingerprint density at radius 2 is 1.85 bits per heavy atom. The molecule has 5 heteroatoms. The Morgan fingerprint density at radius 1 is 1.15 bits per heavy atom. The van der Waals surface area contributed by atoms with Gasteiger partial charge in [0.1, 0.15) is 5.82 Å². The van der Waals surface area contributed by atoms with Gasteiger partial charge in [0.05, 0.1) is 21.8 Å². The smallest absolute Gasteiger partial charge is 0.146 e. The van der Waals surface area contributed by atoms with E-state index in [0.717, 1.165) is 5.56 Å². The van der Waals surface area contributed by atoms with Gasteiger partial charge in [-0.3, -0.25) is 0 Å². The van der Waals surface area contributed by atoms with Crippen LogP contribution >= 0.6 is 23.2 Å². The van der Waals surface area contributed by atoms with Crippen LogP contribution < -0.4 is 10.6 Å². The molecule has 2 N–H and O–H groups in total. The minimum atomic E-state index is -0.284. The molecule has 1 unspecified atom stereocenters. The van der Waals surface area contributed by atoms with E-state index in [4.69, 9.17) is 28.9 Å². The summed E-state index contributed by atoms with van der Waals surface area (Å²) in [5.41, 5.74) is 7.23. The second-order valence-electron chi connectivity index (χ2n) is 4.49. The maximum absolute atomic E-state index is 13.9. The lowest BCUT2D eigenvalue weighted by Gasteiger charge is -2.30. The van der Waals surface area contributed by atoms with Gasteiger partial charge in [-0.25, -0.2) is 4.39 Å². The topological polar surface area (TPSA) is 29.3 Å². The number of nitrogens with zero attached hydrogens (tertiary/aromatic N) is 1. The number of rotatable bonds is 4. The first-order valence-electron chi connectivity index (χ1n) is 6.17. The Balaban J connectivity index is 2.36. The molecule has 0 aromatic heterocycles. The standard InChI is InChI=1S/C15H15Cl2FN2/c1-20(14-5-3-2-4-13(14)18)15(9-19)10-6-7-11(16)12(17)8-10/h2-8,15H,9,19H2,1H3. The van der Waals surface area contributed by atoms with Crippen LogP contribution in [0.5, 0.6) is 0 Å². The van der Waals surface area contributed by atoms with Crippen LogP contribution in [-0.4, -0.2) is 13.6 Å². The van der Waals surface area contributed by atoms with Gasteiger partial charge in [0.2, 0.25) is 0 Å². The first-order chi connectivity index (χ1) is 9.54. The van der Waals surface area contributed by atoms with Crippen LogP contribution in [0.1, 0.15) is 11.6 Å². The van der Waals surface area contributed by atoms with Gasteiger partial charge in [0.25, 0.3) is 0 Å². The van der Waals surface area contributed by atoms with E-state index in [0.29, 0.717) is 22.3 Å². The van der Waals surface area contributed by atoms with Gasteiger partial charge in [-0.05, 0) is 29.8 Å². The summed E-state index contributed by atoms with van der Waals surface area (Å²) < 4.78 is 13.9. The Kier molecular flexibility index (Phi) is 4.86. The van der Waals surface area contributed by atoms with Gasteiger partial charge in [0.15, 0.2) is 0 Å². The SMILES string of the molecule is CN(c1ccccc1F)C(CN)c1ccc(Cl)c(Cl)c1. The average Bonchev–Trinajstić information content (AvgIpc) is 2.44. The molecular weight excluding hydrogens is 298 g/mol. The van der Waals surface area contributed by atoms with E-state index >= 15 is 0 Å². The fourth-order valence-corrected chi connectivity index (χ4v) is 2.45. The second kappa shape index (κ2) is 6.44. The molecule has 106 valence electrons. The third-order valence-electron chi connectivity index (χ3n) is 3.25. The fraction of sp³-hybridized carbons (Fsp3) is 0.200. The van der Waals surface area contributed by atoms with E-state index in [9.17, 15) is 4.39 Å². The number of hydrogen-bond acceptors (Lipinski definition) is 2. The zero-order valence-corrected chi connectivity index (χ0v) is 12.5. The highest BCUT2D eigenvalue weighted by molar-refractivity contribution is 6.42. The van der Waals surface area contributed by atoms with Crippen molar-refractivity contribution in [1.82, 2.24) is 0 Å². The van der Waals surface area contributed by atoms with Crippen molar-refractivity contribution in [1.29, 1.82) is 0 Å². The van der Waals surface area contributed by atoms with Crippen molar-refractivity contribution in [2.75, 3.05) is 18.5 Å².